The van der Waals surface area contributed by atoms with Gasteiger partial charge in [0, 0.05) is 11.6 Å². The molecule has 0 radical (unpaired) electrons. The molecule has 0 unspecified atom stereocenters. The molecule has 0 saturated carbocycles. The second-order valence-electron chi connectivity index (χ2n) is 1.34. The van der Waals surface area contributed by atoms with Crippen LogP contribution < -0.4 is 0 Å². The van der Waals surface area contributed by atoms with E-state index in [-0.39, 0.29) is 0 Å². The van der Waals surface area contributed by atoms with Gasteiger partial charge in [0.25, 0.3) is 0 Å². The lowest BCUT2D eigenvalue weighted by Crippen LogP contribution is -2.20. The number of aliphatic carboxylic acids is 1. The average molecular weight is 153 g/mol. The molecule has 0 rings (SSSR count). The highest BCUT2D eigenvalue weighted by atomic mass is 35.5. The maximum atomic E-state index is 9.90. The molecule has 0 amide bonds. The fraction of sp³-hybridized carbons (Fsp3) is 0.500. The third-order valence-corrected chi connectivity index (χ3v) is 0.706. The van der Waals surface area contributed by atoms with Crippen molar-refractivity contribution in [2.24, 2.45) is 0 Å². The molecule has 0 aromatic heterocycles. The van der Waals surface area contributed by atoms with Crippen LogP contribution in [-0.2, 0) is 9.53 Å². The molecule has 0 aliphatic carbocycles. The minimum absolute atomic E-state index is 1.11. The highest BCUT2D eigenvalue weighted by molar-refractivity contribution is 6.61. The van der Waals surface area contributed by atoms with E-state index < -0.39 is 17.5 Å². The largest absolute Gasteiger partial charge is 0.479 e. The van der Waals surface area contributed by atoms with Crippen LogP contribution in [0.15, 0.2) is 0 Å². The van der Waals surface area contributed by atoms with E-state index >= 15 is 0 Å². The minimum atomic E-state index is -1.22. The Balaban J connectivity index is 3.63. The average Bonchev–Trinajstić information content (AvgIpc) is 1.63. The normalized spacial score (nSPS) is 12.2. The Morgan fingerprint density at radius 3 is 2.22 bits per heavy atom. The third-order valence-electron chi connectivity index (χ3n) is 0.617. The van der Waals surface area contributed by atoms with Crippen molar-refractivity contribution in [3.63, 3.8) is 0 Å². The molecule has 4 nitrogen and oxygen atoms in total. The molecule has 1 atom stereocenters. The number of carbonyl (C=O) groups excluding carboxylic acids is 1. The van der Waals surface area contributed by atoms with Gasteiger partial charge in [-0.1, -0.05) is 0 Å². The smallest absolute Gasteiger partial charge is 0.404 e. The first kappa shape index (κ1) is 8.23. The summed E-state index contributed by atoms with van der Waals surface area (Å²) in [5.74, 6) is -1.22. The number of carbonyl (C=O) groups is 2. The Morgan fingerprint density at radius 1 is 1.67 bits per heavy atom. The number of hydrogen-bond donors (Lipinski definition) is 1. The molecular formula is C4H5ClO4. The van der Waals surface area contributed by atoms with E-state index in [4.69, 9.17) is 16.7 Å². The van der Waals surface area contributed by atoms with Crippen molar-refractivity contribution in [2.45, 2.75) is 13.0 Å². The van der Waals surface area contributed by atoms with Crippen LogP contribution in [0.3, 0.4) is 0 Å². The lowest BCUT2D eigenvalue weighted by molar-refractivity contribution is -0.145. The Kier molecular flexibility index (Phi) is 3.01. The molecule has 0 saturated heterocycles. The molecule has 9 heavy (non-hydrogen) atoms. The Hall–Kier alpha value is -0.770. The second-order valence-corrected chi connectivity index (χ2v) is 1.64. The van der Waals surface area contributed by atoms with Gasteiger partial charge in [-0.05, 0) is 6.92 Å². The van der Waals surface area contributed by atoms with Gasteiger partial charge in [0.15, 0.2) is 6.10 Å². The molecule has 5 heteroatoms. The van der Waals surface area contributed by atoms with E-state index in [1.165, 1.54) is 6.92 Å². The quantitative estimate of drug-likeness (QED) is 0.596. The zero-order valence-electron chi connectivity index (χ0n) is 4.63. The molecule has 0 aromatic rings. The maximum Gasteiger partial charge on any atom is 0.404 e. The van der Waals surface area contributed by atoms with Crippen molar-refractivity contribution in [3.05, 3.63) is 0 Å². The van der Waals surface area contributed by atoms with Gasteiger partial charge in [0.05, 0.1) is 0 Å². The van der Waals surface area contributed by atoms with Crippen molar-refractivity contribution < 1.29 is 19.4 Å². The number of hydrogen-bond acceptors (Lipinski definition) is 3. The van der Waals surface area contributed by atoms with E-state index in [1.807, 2.05) is 0 Å². The molecular weight excluding hydrogens is 147 g/mol. The molecule has 0 spiro atoms. The van der Waals surface area contributed by atoms with Crippen molar-refractivity contribution in [1.82, 2.24) is 0 Å². The summed E-state index contributed by atoms with van der Waals surface area (Å²) in [6, 6.07) is 0. The molecule has 0 aromatic carbocycles. The SMILES string of the molecule is C[C@H](OC(=O)Cl)C(=O)O. The highest BCUT2D eigenvalue weighted by Gasteiger charge is 2.13. The van der Waals surface area contributed by atoms with Crippen molar-refractivity contribution in [3.8, 4) is 0 Å². The van der Waals surface area contributed by atoms with Gasteiger partial charge in [-0.15, -0.1) is 0 Å². The molecule has 1 N–H and O–H groups in total. The summed E-state index contributed by atoms with van der Waals surface area (Å²) >= 11 is 4.69. The van der Waals surface area contributed by atoms with E-state index in [0.29, 0.717) is 0 Å². The first-order chi connectivity index (χ1) is 4.04. The molecule has 0 fully saturated rings. The van der Waals surface area contributed by atoms with Crippen LogP contribution >= 0.6 is 11.6 Å². The monoisotopic (exact) mass is 152 g/mol. The van der Waals surface area contributed by atoms with Crippen LogP contribution in [0.25, 0.3) is 0 Å². The van der Waals surface area contributed by atoms with E-state index in [9.17, 15) is 9.59 Å². The Bertz CT molecular complexity index is 133. The third kappa shape index (κ3) is 3.78. The van der Waals surface area contributed by atoms with Gasteiger partial charge in [-0.2, -0.15) is 0 Å². The Labute approximate surface area is 56.4 Å². The lowest BCUT2D eigenvalue weighted by Gasteiger charge is -2.02. The highest BCUT2D eigenvalue weighted by Crippen LogP contribution is 1.94. The predicted octanol–water partition coefficient (Wildman–Crippen LogP) is 0.835. The van der Waals surface area contributed by atoms with Gasteiger partial charge >= 0.3 is 11.4 Å². The van der Waals surface area contributed by atoms with E-state index in [2.05, 4.69) is 4.74 Å². The molecule has 0 bridgehead atoms. The van der Waals surface area contributed by atoms with E-state index in [0.717, 1.165) is 0 Å². The van der Waals surface area contributed by atoms with Crippen LogP contribution in [0.1, 0.15) is 6.92 Å². The van der Waals surface area contributed by atoms with E-state index in [1.54, 1.807) is 0 Å². The molecule has 0 heterocycles. The number of rotatable bonds is 2. The first-order valence-electron chi connectivity index (χ1n) is 2.13. The first-order valence-corrected chi connectivity index (χ1v) is 2.50. The fourth-order valence-corrected chi connectivity index (χ4v) is 0.323. The van der Waals surface area contributed by atoms with Crippen LogP contribution in [0.5, 0.6) is 0 Å². The number of halogens is 1. The van der Waals surface area contributed by atoms with Gasteiger partial charge in [0.1, 0.15) is 0 Å². The summed E-state index contributed by atoms with van der Waals surface area (Å²) in [7, 11) is 0. The zero-order valence-corrected chi connectivity index (χ0v) is 5.38. The van der Waals surface area contributed by atoms with Crippen LogP contribution in [0.2, 0.25) is 0 Å². The molecule has 0 aliphatic rings. The molecule has 0 aliphatic heterocycles. The topological polar surface area (TPSA) is 63.6 Å². The number of carboxylic acid groups (broad SMARTS) is 1. The van der Waals surface area contributed by atoms with Gasteiger partial charge in [-0.25, -0.2) is 9.59 Å². The molecule has 52 valence electrons. The summed E-state index contributed by atoms with van der Waals surface area (Å²) in [5, 5.41) is 8.10. The summed E-state index contributed by atoms with van der Waals surface area (Å²) in [6.07, 6.45) is -1.17. The summed E-state index contributed by atoms with van der Waals surface area (Å²) in [6.45, 7) is 1.21. The summed E-state index contributed by atoms with van der Waals surface area (Å²) in [5.41, 5.74) is -1.11. The second kappa shape index (κ2) is 3.29. The standard InChI is InChI=1S/C4H5ClO4/c1-2(3(6)7)9-4(5)8/h2H,1H3,(H,6,7)/t2-/m0/s1. The zero-order chi connectivity index (χ0) is 7.44. The minimum Gasteiger partial charge on any atom is -0.479 e. The lowest BCUT2D eigenvalue weighted by atomic mass is 10.4. The predicted molar refractivity (Wildman–Crippen MR) is 29.4 cm³/mol. The van der Waals surface area contributed by atoms with Crippen molar-refractivity contribution in [2.75, 3.05) is 0 Å². The fourth-order valence-electron chi connectivity index (χ4n) is 0.189. The van der Waals surface area contributed by atoms with Crippen LogP contribution in [0.4, 0.5) is 4.79 Å². The number of ether oxygens (including phenoxy) is 1. The summed E-state index contributed by atoms with van der Waals surface area (Å²) < 4.78 is 4.04. The maximum absolute atomic E-state index is 9.90. The van der Waals surface area contributed by atoms with Gasteiger partial charge < -0.3 is 9.84 Å². The van der Waals surface area contributed by atoms with Crippen molar-refractivity contribution in [1.29, 1.82) is 0 Å². The van der Waals surface area contributed by atoms with Crippen molar-refractivity contribution >= 4 is 23.0 Å². The number of carboxylic acids is 1. The van der Waals surface area contributed by atoms with Gasteiger partial charge in [-0.3, -0.25) is 0 Å². The van der Waals surface area contributed by atoms with Crippen LogP contribution in [-0.4, -0.2) is 22.6 Å². The Morgan fingerprint density at radius 2 is 2.11 bits per heavy atom. The van der Waals surface area contributed by atoms with Crippen LogP contribution in [0, 0.1) is 0 Å². The summed E-state index contributed by atoms with van der Waals surface area (Å²) in [4.78, 5) is 19.7. The van der Waals surface area contributed by atoms with Gasteiger partial charge in [0.2, 0.25) is 0 Å².